The lowest BCUT2D eigenvalue weighted by Crippen LogP contribution is -3.30. The van der Waals surface area contributed by atoms with E-state index in [1.807, 2.05) is 55.5 Å². The highest BCUT2D eigenvalue weighted by atomic mass is 35.5. The summed E-state index contributed by atoms with van der Waals surface area (Å²) in [6.07, 6.45) is 0. The molecule has 0 bridgehead atoms. The molecular weight excluding hydrogens is 390 g/mol. The molecule has 0 saturated carbocycles. The first-order valence-corrected chi connectivity index (χ1v) is 10.4. The minimum Gasteiger partial charge on any atom is -0.495 e. The maximum absolute atomic E-state index is 12.7. The first-order valence-electron chi connectivity index (χ1n) is 10.1. The topological polar surface area (TPSA) is 56.4 Å². The van der Waals surface area contributed by atoms with Gasteiger partial charge in [0.25, 0.3) is 5.91 Å². The van der Waals surface area contributed by atoms with Gasteiger partial charge in [0.2, 0.25) is 0 Å². The van der Waals surface area contributed by atoms with E-state index in [9.17, 15) is 4.79 Å². The number of carbonyl (C=O) groups excluding carboxylic acids is 1. The van der Waals surface area contributed by atoms with Crippen LogP contribution in [-0.4, -0.2) is 58.4 Å². The molecule has 0 spiro atoms. The van der Waals surface area contributed by atoms with Crippen LogP contribution in [0.1, 0.15) is 6.92 Å². The Morgan fingerprint density at radius 1 is 1.10 bits per heavy atom. The number of hydrogen-bond donors (Lipinski definition) is 3. The molecule has 7 heteroatoms. The molecule has 0 unspecified atom stereocenters. The van der Waals surface area contributed by atoms with Crippen LogP contribution < -0.4 is 24.6 Å². The van der Waals surface area contributed by atoms with Crippen molar-refractivity contribution in [1.29, 1.82) is 0 Å². The molecule has 1 heterocycles. The van der Waals surface area contributed by atoms with Gasteiger partial charge in [0.05, 0.1) is 12.8 Å². The fraction of sp³-hybridized carbons (Fsp3) is 0.409. The number of piperazine rings is 1. The van der Waals surface area contributed by atoms with Crippen molar-refractivity contribution in [3.8, 4) is 11.5 Å². The first kappa shape index (κ1) is 21.4. The number of nitrogens with one attached hydrogen (secondary N) is 3. The second-order valence-electron chi connectivity index (χ2n) is 7.37. The fourth-order valence-electron chi connectivity index (χ4n) is 3.63. The van der Waals surface area contributed by atoms with Crippen molar-refractivity contribution in [1.82, 2.24) is 0 Å². The number of methoxy groups -OCH3 is 1. The predicted molar refractivity (Wildman–Crippen MR) is 114 cm³/mol. The molecule has 1 amide bonds. The Bertz CT molecular complexity index is 792. The summed E-state index contributed by atoms with van der Waals surface area (Å²) in [6, 6.07) is 14.8. The first-order chi connectivity index (χ1) is 14.1. The number of amides is 1. The predicted octanol–water partition coefficient (Wildman–Crippen LogP) is 0.538. The Balaban J connectivity index is 1.41. The van der Waals surface area contributed by atoms with E-state index in [0.29, 0.717) is 17.4 Å². The number of quaternary nitrogens is 2. The molecule has 2 aromatic rings. The van der Waals surface area contributed by atoms with Crippen LogP contribution >= 0.6 is 11.6 Å². The van der Waals surface area contributed by atoms with E-state index in [-0.39, 0.29) is 11.9 Å². The minimum absolute atomic E-state index is 0.0269. The van der Waals surface area contributed by atoms with E-state index in [1.165, 1.54) is 9.80 Å². The molecule has 0 aliphatic carbocycles. The second-order valence-corrected chi connectivity index (χ2v) is 7.81. The SMILES string of the molecule is COc1ccccc1NC(=O)[C@@H](C)[NH+]1CC[NH+](CCOc2ccc(Cl)cc2)CC1. The Morgan fingerprint density at radius 2 is 1.79 bits per heavy atom. The number of anilines is 1. The van der Waals surface area contributed by atoms with Gasteiger partial charge in [-0.3, -0.25) is 4.79 Å². The third-order valence-corrected chi connectivity index (χ3v) is 5.76. The van der Waals surface area contributed by atoms with Crippen LogP contribution in [0.25, 0.3) is 0 Å². The summed E-state index contributed by atoms with van der Waals surface area (Å²) >= 11 is 5.89. The standard InChI is InChI=1S/C22H28ClN3O3/c1-17(22(27)24-20-5-3-4-6-21(20)28-2)26-13-11-25(12-14-26)15-16-29-19-9-7-18(23)8-10-19/h3-10,17H,11-16H2,1-2H3,(H,24,27)/p+2/t17-/m1/s1. The number of hydrogen-bond acceptors (Lipinski definition) is 3. The average molecular weight is 420 g/mol. The van der Waals surface area contributed by atoms with Gasteiger partial charge in [-0.2, -0.15) is 0 Å². The number of benzene rings is 2. The maximum Gasteiger partial charge on any atom is 0.282 e. The summed E-state index contributed by atoms with van der Waals surface area (Å²) in [4.78, 5) is 15.5. The molecule has 1 fully saturated rings. The number of rotatable bonds is 8. The summed E-state index contributed by atoms with van der Waals surface area (Å²) in [5, 5.41) is 3.72. The molecule has 3 rings (SSSR count). The largest absolute Gasteiger partial charge is 0.495 e. The van der Waals surface area contributed by atoms with Crippen molar-refractivity contribution < 1.29 is 24.1 Å². The number of halogens is 1. The molecule has 6 nitrogen and oxygen atoms in total. The molecule has 156 valence electrons. The zero-order valence-corrected chi connectivity index (χ0v) is 17.8. The molecule has 1 atom stereocenters. The normalized spacial score (nSPS) is 20.0. The van der Waals surface area contributed by atoms with Gasteiger partial charge in [-0.25, -0.2) is 0 Å². The Kier molecular flexibility index (Phi) is 7.75. The smallest absolute Gasteiger partial charge is 0.282 e. The van der Waals surface area contributed by atoms with Crippen LogP contribution in [0.15, 0.2) is 48.5 Å². The van der Waals surface area contributed by atoms with Crippen molar-refractivity contribution in [3.05, 3.63) is 53.6 Å². The van der Waals surface area contributed by atoms with E-state index in [2.05, 4.69) is 5.32 Å². The monoisotopic (exact) mass is 419 g/mol. The van der Waals surface area contributed by atoms with Gasteiger partial charge >= 0.3 is 0 Å². The molecular formula is C22H30ClN3O3+2. The lowest BCUT2D eigenvalue weighted by atomic mass is 10.2. The van der Waals surface area contributed by atoms with E-state index in [1.54, 1.807) is 7.11 Å². The molecule has 3 N–H and O–H groups in total. The van der Waals surface area contributed by atoms with Gasteiger partial charge in [0.15, 0.2) is 6.04 Å². The summed E-state index contributed by atoms with van der Waals surface area (Å²) in [5.41, 5.74) is 0.717. The highest BCUT2D eigenvalue weighted by Crippen LogP contribution is 2.22. The van der Waals surface area contributed by atoms with Gasteiger partial charge in [-0.1, -0.05) is 23.7 Å². The van der Waals surface area contributed by atoms with Crippen LogP contribution in [0, 0.1) is 0 Å². The van der Waals surface area contributed by atoms with Gasteiger partial charge < -0.3 is 24.6 Å². The summed E-state index contributed by atoms with van der Waals surface area (Å²) in [5.74, 6) is 1.55. The zero-order chi connectivity index (χ0) is 20.6. The van der Waals surface area contributed by atoms with E-state index in [0.717, 1.165) is 44.2 Å². The fourth-order valence-corrected chi connectivity index (χ4v) is 3.75. The zero-order valence-electron chi connectivity index (χ0n) is 17.0. The van der Waals surface area contributed by atoms with E-state index >= 15 is 0 Å². The summed E-state index contributed by atoms with van der Waals surface area (Å²) < 4.78 is 11.1. The van der Waals surface area contributed by atoms with Gasteiger partial charge in [-0.15, -0.1) is 0 Å². The molecule has 0 radical (unpaired) electrons. The Morgan fingerprint density at radius 3 is 2.48 bits per heavy atom. The molecule has 29 heavy (non-hydrogen) atoms. The lowest BCUT2D eigenvalue weighted by Gasteiger charge is -2.32. The van der Waals surface area contributed by atoms with Crippen molar-refractivity contribution in [2.75, 3.05) is 51.8 Å². The Labute approximate surface area is 177 Å². The van der Waals surface area contributed by atoms with E-state index in [4.69, 9.17) is 21.1 Å². The average Bonchev–Trinajstić information content (AvgIpc) is 2.75. The number of carbonyl (C=O) groups is 1. The van der Waals surface area contributed by atoms with E-state index < -0.39 is 0 Å². The van der Waals surface area contributed by atoms with Crippen LogP contribution in [0.5, 0.6) is 11.5 Å². The highest BCUT2D eigenvalue weighted by molar-refractivity contribution is 6.30. The highest BCUT2D eigenvalue weighted by Gasteiger charge is 2.31. The van der Waals surface area contributed by atoms with Crippen LogP contribution in [-0.2, 0) is 4.79 Å². The third-order valence-electron chi connectivity index (χ3n) is 5.51. The quantitative estimate of drug-likeness (QED) is 0.585. The third kappa shape index (κ3) is 6.10. The van der Waals surface area contributed by atoms with Crippen LogP contribution in [0.2, 0.25) is 5.02 Å². The second kappa shape index (κ2) is 10.5. The van der Waals surface area contributed by atoms with Crippen molar-refractivity contribution in [2.24, 2.45) is 0 Å². The summed E-state index contributed by atoms with van der Waals surface area (Å²) in [6.45, 7) is 7.63. The molecule has 0 aromatic heterocycles. The molecule has 2 aromatic carbocycles. The molecule has 1 saturated heterocycles. The lowest BCUT2D eigenvalue weighted by molar-refractivity contribution is -1.02. The molecule has 1 aliphatic rings. The van der Waals surface area contributed by atoms with Gasteiger partial charge in [-0.05, 0) is 43.3 Å². The number of para-hydroxylation sites is 2. The van der Waals surface area contributed by atoms with Gasteiger partial charge in [0.1, 0.15) is 50.8 Å². The molecule has 1 aliphatic heterocycles. The number of ether oxygens (including phenoxy) is 2. The maximum atomic E-state index is 12.7. The van der Waals surface area contributed by atoms with Crippen molar-refractivity contribution in [2.45, 2.75) is 13.0 Å². The van der Waals surface area contributed by atoms with Crippen molar-refractivity contribution in [3.63, 3.8) is 0 Å². The summed E-state index contributed by atoms with van der Waals surface area (Å²) in [7, 11) is 1.61. The van der Waals surface area contributed by atoms with Crippen molar-refractivity contribution >= 4 is 23.2 Å². The van der Waals surface area contributed by atoms with Crippen LogP contribution in [0.3, 0.4) is 0 Å². The Hall–Kier alpha value is -2.28. The minimum atomic E-state index is -0.105. The van der Waals surface area contributed by atoms with Gasteiger partial charge in [0, 0.05) is 5.02 Å². The van der Waals surface area contributed by atoms with Crippen LogP contribution in [0.4, 0.5) is 5.69 Å².